The number of morpholine rings is 1. The summed E-state index contributed by atoms with van der Waals surface area (Å²) >= 11 is 5.07. The summed E-state index contributed by atoms with van der Waals surface area (Å²) in [5, 5.41) is 9.53. The minimum Gasteiger partial charge on any atom is -0.491 e. The zero-order chi connectivity index (χ0) is 30.9. The number of halogens is 1. The van der Waals surface area contributed by atoms with E-state index in [1.807, 2.05) is 34.7 Å². The second-order valence-electron chi connectivity index (χ2n) is 11.9. The van der Waals surface area contributed by atoms with Crippen LogP contribution >= 0.6 is 27.3 Å². The van der Waals surface area contributed by atoms with Crippen LogP contribution in [0.1, 0.15) is 39.5 Å². The number of hydrogen-bond acceptors (Lipinski definition) is 11. The minimum atomic E-state index is -0.331. The first-order chi connectivity index (χ1) is 21.1. The molecule has 2 fully saturated rings. The Morgan fingerprint density at radius 2 is 1.75 bits per heavy atom. The van der Waals surface area contributed by atoms with Gasteiger partial charge in [0.1, 0.15) is 23.5 Å². The molecule has 12 nitrogen and oxygen atoms in total. The van der Waals surface area contributed by atoms with Gasteiger partial charge in [-0.3, -0.25) is 9.58 Å². The number of fused-ring (bicyclic) bond motifs is 3. The predicted octanol–water partition coefficient (Wildman–Crippen LogP) is 3.70. The third-order valence-corrected chi connectivity index (χ3v) is 9.91. The smallest absolute Gasteiger partial charge is 0.491 e. The van der Waals surface area contributed by atoms with Gasteiger partial charge in [0.25, 0.3) is 0 Å². The highest BCUT2D eigenvalue weighted by Crippen LogP contribution is 2.39. The van der Waals surface area contributed by atoms with Crippen molar-refractivity contribution in [2.24, 2.45) is 0 Å². The monoisotopic (exact) mass is 684 g/mol. The van der Waals surface area contributed by atoms with Gasteiger partial charge in [-0.15, -0.1) is 11.3 Å². The van der Waals surface area contributed by atoms with Crippen molar-refractivity contribution in [3.63, 3.8) is 0 Å². The topological polar surface area (TPSA) is 114 Å². The van der Waals surface area contributed by atoms with Crippen molar-refractivity contribution in [1.29, 1.82) is 0 Å². The SMILES string of the molecule is CC1(C)OB(c2cnn(CCN3CCOCC3)c2)OC1(C)C.CCn1ncnc1-c1nc2c(s1)CCOc1cc(Br)cnc1-2. The Labute approximate surface area is 270 Å². The second-order valence-corrected chi connectivity index (χ2v) is 13.9. The van der Waals surface area contributed by atoms with Crippen molar-refractivity contribution in [3.05, 3.63) is 40.3 Å². The molecule has 44 heavy (non-hydrogen) atoms. The van der Waals surface area contributed by atoms with Crippen LogP contribution in [-0.2, 0) is 33.6 Å². The van der Waals surface area contributed by atoms with Crippen LogP contribution in [0.4, 0.5) is 0 Å². The molecule has 234 valence electrons. The van der Waals surface area contributed by atoms with Gasteiger partial charge in [0.2, 0.25) is 0 Å². The number of rotatable bonds is 6. The van der Waals surface area contributed by atoms with Crippen molar-refractivity contribution >= 4 is 39.8 Å². The number of hydrogen-bond donors (Lipinski definition) is 0. The number of pyridine rings is 1. The molecule has 0 spiro atoms. The molecule has 0 aliphatic carbocycles. The molecule has 0 atom stereocenters. The standard InChI is InChI=1S/C15H26BN3O3.C14H12BrN5OS/c1-14(2)15(3,4)22-16(21-14)13-11-17-19(12-13)6-5-18-7-9-20-10-8-18;1-2-20-13(17-7-18-20)14-19-12-10(22-14)3-4-21-9-5-8(15)6-16-11(9)12/h11-12H,5-10H2,1-4H3;5-7H,2-4H2,1H3. The van der Waals surface area contributed by atoms with E-state index >= 15 is 0 Å². The van der Waals surface area contributed by atoms with Crippen molar-refractivity contribution in [2.45, 2.75) is 65.3 Å². The van der Waals surface area contributed by atoms with E-state index < -0.39 is 0 Å². The number of ether oxygens (including phenoxy) is 2. The third kappa shape index (κ3) is 6.63. The molecule has 0 saturated carbocycles. The van der Waals surface area contributed by atoms with E-state index in [9.17, 15) is 0 Å². The Kier molecular flexibility index (Phi) is 9.23. The maximum atomic E-state index is 6.06. The number of nitrogens with zero attached hydrogens (tertiary/aromatic N) is 8. The van der Waals surface area contributed by atoms with E-state index in [-0.39, 0.29) is 18.3 Å². The fourth-order valence-electron chi connectivity index (χ4n) is 5.10. The van der Waals surface area contributed by atoms with E-state index in [1.165, 1.54) is 4.88 Å². The molecule has 2 saturated heterocycles. The van der Waals surface area contributed by atoms with E-state index in [1.54, 1.807) is 23.9 Å². The van der Waals surface area contributed by atoms with E-state index in [4.69, 9.17) is 23.8 Å². The maximum Gasteiger partial charge on any atom is 0.498 e. The summed E-state index contributed by atoms with van der Waals surface area (Å²) in [6, 6.07) is 1.94. The van der Waals surface area contributed by atoms with Gasteiger partial charge in [0.05, 0.1) is 37.6 Å². The van der Waals surface area contributed by atoms with Gasteiger partial charge < -0.3 is 18.8 Å². The molecule has 3 aliphatic rings. The summed E-state index contributed by atoms with van der Waals surface area (Å²) in [6.45, 7) is 17.2. The van der Waals surface area contributed by atoms with Crippen molar-refractivity contribution in [1.82, 2.24) is 39.4 Å². The lowest BCUT2D eigenvalue weighted by atomic mass is 9.82. The van der Waals surface area contributed by atoms with E-state index in [0.717, 1.165) is 90.3 Å². The van der Waals surface area contributed by atoms with E-state index in [2.05, 4.69) is 68.7 Å². The van der Waals surface area contributed by atoms with Crippen molar-refractivity contribution in [3.8, 4) is 28.0 Å². The minimum absolute atomic E-state index is 0.312. The quantitative estimate of drug-likeness (QED) is 0.279. The van der Waals surface area contributed by atoms with Gasteiger partial charge in [0.15, 0.2) is 10.8 Å². The molecular weight excluding hydrogens is 647 g/mol. The molecule has 0 aromatic carbocycles. The summed E-state index contributed by atoms with van der Waals surface area (Å²) in [5.41, 5.74) is 2.05. The van der Waals surface area contributed by atoms with Crippen LogP contribution in [0, 0.1) is 0 Å². The van der Waals surface area contributed by atoms with Crippen LogP contribution < -0.4 is 10.2 Å². The molecule has 4 aromatic heterocycles. The highest BCUT2D eigenvalue weighted by atomic mass is 79.9. The first kappa shape index (κ1) is 31.3. The van der Waals surface area contributed by atoms with Crippen LogP contribution in [0.15, 0.2) is 35.5 Å². The fourth-order valence-corrected chi connectivity index (χ4v) is 6.45. The number of aromatic nitrogens is 7. The number of thiazole rings is 1. The lowest BCUT2D eigenvalue weighted by molar-refractivity contribution is 0.00578. The lowest BCUT2D eigenvalue weighted by Gasteiger charge is -2.32. The van der Waals surface area contributed by atoms with Crippen LogP contribution in [0.2, 0.25) is 0 Å². The zero-order valence-electron chi connectivity index (χ0n) is 25.8. The summed E-state index contributed by atoms with van der Waals surface area (Å²) in [6.07, 6.45) is 8.04. The predicted molar refractivity (Wildman–Crippen MR) is 172 cm³/mol. The molecule has 4 aromatic rings. The number of aryl methyl sites for hydroxylation is 1. The molecular formula is C29H38BBrN8O4S. The maximum absolute atomic E-state index is 6.06. The third-order valence-electron chi connectivity index (χ3n) is 8.36. The van der Waals surface area contributed by atoms with Gasteiger partial charge in [-0.1, -0.05) is 0 Å². The van der Waals surface area contributed by atoms with Crippen LogP contribution in [0.3, 0.4) is 0 Å². The Morgan fingerprint density at radius 3 is 2.50 bits per heavy atom. The van der Waals surface area contributed by atoms with Crippen molar-refractivity contribution < 1.29 is 18.8 Å². The highest BCUT2D eigenvalue weighted by Gasteiger charge is 2.52. The van der Waals surface area contributed by atoms with Gasteiger partial charge in [-0.05, 0) is 56.6 Å². The van der Waals surface area contributed by atoms with Gasteiger partial charge >= 0.3 is 7.12 Å². The van der Waals surface area contributed by atoms with Crippen molar-refractivity contribution in [2.75, 3.05) is 39.5 Å². The van der Waals surface area contributed by atoms with Crippen LogP contribution in [0.25, 0.3) is 22.2 Å². The van der Waals surface area contributed by atoms with Crippen LogP contribution in [-0.4, -0.2) is 97.2 Å². The average Bonchev–Trinajstić information content (AvgIpc) is 3.78. The molecule has 3 aliphatic heterocycles. The normalized spacial score (nSPS) is 19.0. The molecule has 0 amide bonds. The summed E-state index contributed by atoms with van der Waals surface area (Å²) in [4.78, 5) is 17.2. The van der Waals surface area contributed by atoms with Gasteiger partial charge in [0, 0.05) is 66.0 Å². The van der Waals surface area contributed by atoms with Gasteiger partial charge in [-0.2, -0.15) is 10.2 Å². The molecule has 0 radical (unpaired) electrons. The largest absolute Gasteiger partial charge is 0.498 e. The Hall–Kier alpha value is -2.69. The Morgan fingerprint density at radius 1 is 0.977 bits per heavy atom. The average molecular weight is 685 g/mol. The fraction of sp³-hybridized carbons (Fsp3) is 0.552. The first-order valence-corrected chi connectivity index (χ1v) is 16.6. The zero-order valence-corrected chi connectivity index (χ0v) is 28.2. The summed E-state index contributed by atoms with van der Waals surface area (Å²) in [5.74, 6) is 1.57. The van der Waals surface area contributed by atoms with Crippen LogP contribution in [0.5, 0.6) is 5.75 Å². The molecule has 15 heteroatoms. The Bertz CT molecular complexity index is 1570. The molecule has 7 rings (SSSR count). The first-order valence-electron chi connectivity index (χ1n) is 15.0. The molecule has 0 N–H and O–H groups in total. The molecule has 7 heterocycles. The van der Waals surface area contributed by atoms with Gasteiger partial charge in [-0.25, -0.2) is 19.6 Å². The molecule has 0 unspecified atom stereocenters. The second kappa shape index (κ2) is 13.0. The van der Waals surface area contributed by atoms with E-state index in [0.29, 0.717) is 6.61 Å². The summed E-state index contributed by atoms with van der Waals surface area (Å²) < 4.78 is 28.0. The Balaban J connectivity index is 0.000000156. The summed E-state index contributed by atoms with van der Waals surface area (Å²) in [7, 11) is -0.331. The molecule has 0 bridgehead atoms. The lowest BCUT2D eigenvalue weighted by Crippen LogP contribution is -2.41. The highest BCUT2D eigenvalue weighted by molar-refractivity contribution is 9.10.